The van der Waals surface area contributed by atoms with Crippen molar-refractivity contribution in [3.63, 3.8) is 0 Å². The molecule has 5 N–H and O–H groups in total. The first kappa shape index (κ1) is 51.0. The second kappa shape index (κ2) is 22.7. The van der Waals surface area contributed by atoms with E-state index >= 15 is 0 Å². The van der Waals surface area contributed by atoms with Gasteiger partial charge in [-0.1, -0.05) is 87.0 Å². The maximum absolute atomic E-state index is 13.2. The molecule has 0 aliphatic carbocycles. The van der Waals surface area contributed by atoms with E-state index in [4.69, 9.17) is 30.2 Å². The van der Waals surface area contributed by atoms with Gasteiger partial charge in [-0.15, -0.1) is 0 Å². The fourth-order valence-corrected chi connectivity index (χ4v) is 10.1. The van der Waals surface area contributed by atoms with Crippen molar-refractivity contribution < 1.29 is 38.1 Å². The minimum atomic E-state index is -2.30. The van der Waals surface area contributed by atoms with Crippen LogP contribution in [0.25, 0.3) is 22.0 Å². The number of pyridine rings is 1. The first-order chi connectivity index (χ1) is 33.0. The summed E-state index contributed by atoms with van der Waals surface area (Å²) in [6, 6.07) is 27.5. The number of fused-ring (bicyclic) bond motifs is 1. The number of carbonyl (C=O) groups is 3. The van der Waals surface area contributed by atoms with Gasteiger partial charge in [0.25, 0.3) is 0 Å². The van der Waals surface area contributed by atoms with Gasteiger partial charge in [0.05, 0.1) is 41.7 Å². The lowest BCUT2D eigenvalue weighted by Gasteiger charge is -2.39. The largest absolute Gasteiger partial charge is 0.506 e. The molecule has 0 spiro atoms. The van der Waals surface area contributed by atoms with Crippen molar-refractivity contribution in [3.05, 3.63) is 117 Å². The number of H-pyrrole nitrogens is 1. The number of amides is 3. The summed E-state index contributed by atoms with van der Waals surface area (Å²) in [5.74, 6) is 0.552. The minimum Gasteiger partial charge on any atom is -0.506 e. The number of hydrogen-bond acceptors (Lipinski definition) is 11. The number of halogens is 1. The van der Waals surface area contributed by atoms with Crippen LogP contribution in [0.3, 0.4) is 0 Å². The van der Waals surface area contributed by atoms with E-state index < -0.39 is 26.6 Å². The van der Waals surface area contributed by atoms with Gasteiger partial charge in [0.1, 0.15) is 17.6 Å². The van der Waals surface area contributed by atoms with E-state index in [0.29, 0.717) is 85.0 Å². The van der Waals surface area contributed by atoms with E-state index in [2.05, 4.69) is 59.7 Å². The van der Waals surface area contributed by atoms with Crippen LogP contribution in [0.5, 0.6) is 11.5 Å². The van der Waals surface area contributed by atoms with Gasteiger partial charge in [-0.3, -0.25) is 20.2 Å². The molecule has 7 rings (SSSR count). The van der Waals surface area contributed by atoms with Crippen molar-refractivity contribution in [2.45, 2.75) is 83.3 Å². The average molecular weight is 982 g/mol. The highest BCUT2D eigenvalue weighted by Gasteiger charge is 2.40. The number of nitrogens with zero attached hydrogens (tertiary/aromatic N) is 2. The maximum Gasteiger partial charge on any atom is 0.411 e. The van der Waals surface area contributed by atoms with Crippen molar-refractivity contribution in [1.29, 1.82) is 0 Å². The van der Waals surface area contributed by atoms with E-state index in [1.807, 2.05) is 65.6 Å². The molecule has 0 saturated carbocycles. The SMILES string of the molecule is COc1cc(NC(=O)OC[C@@H]2CCN(C(=O)CCN3CCC(OC(=O)Nc4ccccc4-c4ccccc4)CC3)C2)c(Cl)cc1CNCC(O[Si](C)(C)C(C)(C)C)c1ccc(O)c2[nH]c(=O)ccc12. The van der Waals surface area contributed by atoms with E-state index in [0.717, 1.165) is 41.8 Å². The summed E-state index contributed by atoms with van der Waals surface area (Å²) in [6.07, 6.45) is 0.721. The molecule has 2 aliphatic heterocycles. The standard InChI is InChI=1S/C52H65ClN6O9Si/c1-52(2,3)69(5,6)68-46(39-16-18-44(60)49-40(39)17-19-47(61)57-49)31-54-30-36-28-41(53)43(29-45(36)65-4)56-50(63)66-33-34-20-27-59(32-34)48(62)23-26-58-24-21-37(22-25-58)67-51(64)55-42-15-11-10-14-38(42)35-12-8-7-9-13-35/h7-19,28-29,34,37,46,54,60H,20-27,30-33H2,1-6H3,(H,55,64)(H,56,63)(H,57,61)/t34-,46?/m1/s1. The van der Waals surface area contributed by atoms with Crippen molar-refractivity contribution in [2.75, 3.05) is 63.6 Å². The van der Waals surface area contributed by atoms with Gasteiger partial charge in [-0.25, -0.2) is 9.59 Å². The summed E-state index contributed by atoms with van der Waals surface area (Å²) in [7, 11) is -0.755. The lowest BCUT2D eigenvalue weighted by Crippen LogP contribution is -2.43. The molecule has 2 aliphatic rings. The van der Waals surface area contributed by atoms with Gasteiger partial charge in [0.2, 0.25) is 11.5 Å². The van der Waals surface area contributed by atoms with Crippen LogP contribution in [0.1, 0.15) is 63.7 Å². The summed E-state index contributed by atoms with van der Waals surface area (Å²) in [5.41, 5.74) is 4.59. The van der Waals surface area contributed by atoms with Crippen LogP contribution in [-0.2, 0) is 25.2 Å². The molecular weight excluding hydrogens is 916 g/mol. The fraction of sp³-hybridized carbons (Fsp3) is 0.423. The molecule has 69 heavy (non-hydrogen) atoms. The van der Waals surface area contributed by atoms with Crippen molar-refractivity contribution >= 4 is 60.3 Å². The van der Waals surface area contributed by atoms with Crippen LogP contribution in [0.2, 0.25) is 23.2 Å². The maximum atomic E-state index is 13.2. The second-order valence-electron chi connectivity index (χ2n) is 19.4. The number of phenols is 1. The Kier molecular flexibility index (Phi) is 16.7. The number of benzene rings is 4. The summed E-state index contributed by atoms with van der Waals surface area (Å²) in [4.78, 5) is 58.1. The van der Waals surface area contributed by atoms with E-state index in [-0.39, 0.29) is 40.9 Å². The summed E-state index contributed by atoms with van der Waals surface area (Å²) >= 11 is 6.72. The zero-order valence-electron chi connectivity index (χ0n) is 40.4. The van der Waals surface area contributed by atoms with Crippen LogP contribution in [0.4, 0.5) is 21.0 Å². The first-order valence-electron chi connectivity index (χ1n) is 23.6. The monoisotopic (exact) mass is 980 g/mol. The van der Waals surface area contributed by atoms with Gasteiger partial charge in [0.15, 0.2) is 8.32 Å². The molecule has 0 bridgehead atoms. The quantitative estimate of drug-likeness (QED) is 0.0559. The molecule has 1 unspecified atom stereocenters. The van der Waals surface area contributed by atoms with E-state index in [9.17, 15) is 24.3 Å². The summed E-state index contributed by atoms with van der Waals surface area (Å²) < 4.78 is 24.1. The number of aromatic amines is 1. The van der Waals surface area contributed by atoms with Gasteiger partial charge in [-0.05, 0) is 72.8 Å². The van der Waals surface area contributed by atoms with Crippen LogP contribution in [0.15, 0.2) is 95.8 Å². The van der Waals surface area contributed by atoms with E-state index in [1.54, 1.807) is 31.4 Å². The molecule has 2 fully saturated rings. The Morgan fingerprint density at radius 2 is 1.62 bits per heavy atom. The molecule has 3 amide bonds. The number of rotatable bonds is 17. The number of aromatic hydroxyl groups is 1. The Balaban J connectivity index is 0.838. The molecule has 4 aromatic carbocycles. The Morgan fingerprint density at radius 1 is 0.899 bits per heavy atom. The lowest BCUT2D eigenvalue weighted by molar-refractivity contribution is -0.130. The predicted molar refractivity (Wildman–Crippen MR) is 273 cm³/mol. The zero-order chi connectivity index (χ0) is 49.3. The van der Waals surface area contributed by atoms with Crippen molar-refractivity contribution in [2.24, 2.45) is 5.92 Å². The Morgan fingerprint density at radius 3 is 2.36 bits per heavy atom. The number of hydrogen-bond donors (Lipinski definition) is 5. The average Bonchev–Trinajstić information content (AvgIpc) is 3.81. The molecule has 15 nitrogen and oxygen atoms in total. The number of likely N-dealkylation sites (tertiary alicyclic amines) is 2. The van der Waals surface area contributed by atoms with Crippen molar-refractivity contribution in [3.8, 4) is 22.6 Å². The number of carbonyl (C=O) groups excluding carboxylic acids is 3. The van der Waals surface area contributed by atoms with E-state index in [1.165, 1.54) is 6.07 Å². The number of nitrogens with one attached hydrogen (secondary N) is 4. The zero-order valence-corrected chi connectivity index (χ0v) is 42.1. The van der Waals surface area contributed by atoms with Gasteiger partial charge < -0.3 is 43.8 Å². The smallest absolute Gasteiger partial charge is 0.411 e. The molecule has 368 valence electrons. The molecule has 17 heteroatoms. The predicted octanol–water partition coefficient (Wildman–Crippen LogP) is 9.92. The molecule has 3 heterocycles. The summed E-state index contributed by atoms with van der Waals surface area (Å²) in [5, 5.41) is 20.7. The molecule has 2 saturated heterocycles. The van der Waals surface area contributed by atoms with Crippen LogP contribution < -0.4 is 26.2 Å². The number of piperidine rings is 1. The number of phenolic OH excluding ortho intramolecular Hbond substituents is 1. The molecule has 0 radical (unpaired) electrons. The van der Waals surface area contributed by atoms with Gasteiger partial charge in [0, 0.05) is 86.8 Å². The minimum absolute atomic E-state index is 0.00292. The molecule has 5 aromatic rings. The lowest BCUT2D eigenvalue weighted by atomic mass is 10.0. The number of methoxy groups -OCH3 is 1. The third-order valence-corrected chi connectivity index (χ3v) is 18.3. The molecule has 2 atom stereocenters. The fourth-order valence-electron chi connectivity index (χ4n) is 8.59. The third-order valence-electron chi connectivity index (χ3n) is 13.5. The first-order valence-corrected chi connectivity index (χ1v) is 26.9. The van der Waals surface area contributed by atoms with Crippen LogP contribution in [0, 0.1) is 5.92 Å². The number of para-hydroxylation sites is 1. The summed E-state index contributed by atoms with van der Waals surface area (Å²) in [6.45, 7) is 14.9. The van der Waals surface area contributed by atoms with Gasteiger partial charge in [-0.2, -0.15) is 0 Å². The Bertz CT molecular complexity index is 2650. The Labute approximate surface area is 409 Å². The van der Waals surface area contributed by atoms with Crippen LogP contribution >= 0.6 is 11.6 Å². The van der Waals surface area contributed by atoms with Crippen LogP contribution in [-0.4, -0.2) is 105 Å². The number of ether oxygens (including phenoxy) is 3. The molecule has 1 aromatic heterocycles. The number of aromatic nitrogens is 1. The van der Waals surface area contributed by atoms with Gasteiger partial charge >= 0.3 is 12.2 Å². The number of anilines is 2. The highest BCUT2D eigenvalue weighted by Crippen LogP contribution is 2.41. The highest BCUT2D eigenvalue weighted by molar-refractivity contribution is 6.74. The normalized spacial score (nSPS) is 16.3. The highest BCUT2D eigenvalue weighted by atomic mass is 35.5. The third kappa shape index (κ3) is 13.2. The Hall–Kier alpha value is -5.91. The topological polar surface area (TPSA) is 184 Å². The second-order valence-corrected chi connectivity index (χ2v) is 24.5. The molecular formula is C52H65ClN6O9Si. The van der Waals surface area contributed by atoms with Crippen molar-refractivity contribution in [1.82, 2.24) is 20.1 Å².